The summed E-state index contributed by atoms with van der Waals surface area (Å²) >= 11 is 0. The Morgan fingerprint density at radius 2 is 1.46 bits per heavy atom. The molecule has 0 aliphatic heterocycles. The molecule has 0 bridgehead atoms. The van der Waals surface area contributed by atoms with Gasteiger partial charge in [0.25, 0.3) is 0 Å². The highest BCUT2D eigenvalue weighted by atomic mass is 32.2. The predicted molar refractivity (Wildman–Crippen MR) is 159 cm³/mol. The van der Waals surface area contributed by atoms with E-state index in [4.69, 9.17) is 4.74 Å². The van der Waals surface area contributed by atoms with Gasteiger partial charge in [0.05, 0.1) is 11.5 Å². The van der Waals surface area contributed by atoms with Gasteiger partial charge in [0.15, 0.2) is 5.82 Å². The van der Waals surface area contributed by atoms with E-state index >= 15 is 0 Å². The molecule has 4 rings (SSSR count). The summed E-state index contributed by atoms with van der Waals surface area (Å²) in [6, 6.07) is 21.4. The number of hydrogen-bond donors (Lipinski definition) is 2. The van der Waals surface area contributed by atoms with Crippen LogP contribution in [0.1, 0.15) is 44.6 Å². The summed E-state index contributed by atoms with van der Waals surface area (Å²) in [5.74, 6) is 0.122. The molecule has 0 aliphatic rings. The molecule has 1 heterocycles. The van der Waals surface area contributed by atoms with Gasteiger partial charge in [-0.3, -0.25) is 4.79 Å². The Balaban J connectivity index is 1.34. The Morgan fingerprint density at radius 1 is 0.829 bits per heavy atom. The first-order chi connectivity index (χ1) is 19.9. The minimum Gasteiger partial charge on any atom is -0.494 e. The van der Waals surface area contributed by atoms with Crippen LogP contribution in [0.25, 0.3) is 22.5 Å². The van der Waals surface area contributed by atoms with Crippen molar-refractivity contribution < 1.29 is 23.1 Å². The lowest BCUT2D eigenvalue weighted by atomic mass is 10.0. The molecule has 4 aromatic rings. The van der Waals surface area contributed by atoms with Crippen LogP contribution in [0.2, 0.25) is 0 Å². The zero-order valence-electron chi connectivity index (χ0n) is 23.1. The number of benzene rings is 3. The maximum absolute atomic E-state index is 12.6. The molecule has 0 fully saturated rings. The monoisotopic (exact) mass is 573 g/mol. The number of hydrogen-bond acceptors (Lipinski definition) is 6. The van der Waals surface area contributed by atoms with E-state index in [1.54, 1.807) is 54.9 Å². The lowest BCUT2D eigenvalue weighted by molar-refractivity contribution is -0.138. The van der Waals surface area contributed by atoms with Crippen molar-refractivity contribution in [1.29, 1.82) is 0 Å². The molecule has 0 saturated heterocycles. The summed E-state index contributed by atoms with van der Waals surface area (Å²) in [6.07, 6.45) is 9.52. The van der Waals surface area contributed by atoms with Crippen molar-refractivity contribution in [3.63, 3.8) is 0 Å². The predicted octanol–water partition coefficient (Wildman–Crippen LogP) is 6.13. The topological polar surface area (TPSA) is 118 Å². The van der Waals surface area contributed by atoms with E-state index in [1.165, 1.54) is 37.8 Å². The summed E-state index contributed by atoms with van der Waals surface area (Å²) in [7, 11) is -3.97. The van der Waals surface area contributed by atoms with Crippen LogP contribution in [0.5, 0.6) is 5.75 Å². The first-order valence-corrected chi connectivity index (χ1v) is 15.3. The Morgan fingerprint density at radius 3 is 2.10 bits per heavy atom. The van der Waals surface area contributed by atoms with Gasteiger partial charge in [-0.15, -0.1) is 0 Å². The van der Waals surface area contributed by atoms with Crippen molar-refractivity contribution in [2.45, 2.75) is 56.4 Å². The van der Waals surface area contributed by atoms with Crippen molar-refractivity contribution in [2.24, 2.45) is 0 Å². The molecular formula is C32H35N3O5S. The zero-order chi connectivity index (χ0) is 29.1. The molecule has 2 N–H and O–H groups in total. The zero-order valence-corrected chi connectivity index (χ0v) is 23.9. The van der Waals surface area contributed by atoms with E-state index in [1.807, 2.05) is 24.3 Å². The molecule has 8 nitrogen and oxygen atoms in total. The molecule has 0 spiro atoms. The maximum Gasteiger partial charge on any atom is 0.322 e. The van der Waals surface area contributed by atoms with Crippen molar-refractivity contribution in [2.75, 3.05) is 6.61 Å². The van der Waals surface area contributed by atoms with E-state index < -0.39 is 22.0 Å². The average Bonchev–Trinajstić information content (AvgIpc) is 3.00. The molecule has 3 aromatic carbocycles. The van der Waals surface area contributed by atoms with Crippen LogP contribution in [0.15, 0.2) is 96.2 Å². The van der Waals surface area contributed by atoms with Gasteiger partial charge in [0.2, 0.25) is 10.0 Å². The fourth-order valence-corrected chi connectivity index (χ4v) is 5.54. The first-order valence-electron chi connectivity index (χ1n) is 13.8. The standard InChI is InChI=1S/C32H35N3O5S/c1-2-3-4-5-9-20-40-28-18-16-25(17-19-28)27-22-33-31(34-23-27)26-14-12-24(13-15-26)21-30(32(36)37)35-41(38,39)29-10-7-6-8-11-29/h6-8,10-19,22-23,30,35H,2-5,9,20-21H2,1H3,(H,36,37)/t30-/m0/s1. The number of aliphatic carboxylic acids is 1. The highest BCUT2D eigenvalue weighted by Gasteiger charge is 2.25. The summed E-state index contributed by atoms with van der Waals surface area (Å²) in [6.45, 7) is 2.93. The van der Waals surface area contributed by atoms with E-state index in [9.17, 15) is 18.3 Å². The van der Waals surface area contributed by atoms with Gasteiger partial charge in [0, 0.05) is 23.5 Å². The second-order valence-corrected chi connectivity index (χ2v) is 11.5. The van der Waals surface area contributed by atoms with Crippen LogP contribution in [0.4, 0.5) is 0 Å². The van der Waals surface area contributed by atoms with Crippen LogP contribution in [-0.4, -0.2) is 42.1 Å². The lowest BCUT2D eigenvalue weighted by Crippen LogP contribution is -2.42. The van der Waals surface area contributed by atoms with Crippen molar-refractivity contribution in [1.82, 2.24) is 14.7 Å². The summed E-state index contributed by atoms with van der Waals surface area (Å²) in [4.78, 5) is 20.8. The van der Waals surface area contributed by atoms with Crippen LogP contribution in [0, 0.1) is 0 Å². The summed E-state index contributed by atoms with van der Waals surface area (Å²) in [5, 5.41) is 9.63. The molecule has 41 heavy (non-hydrogen) atoms. The molecule has 0 unspecified atom stereocenters. The Labute approximate surface area is 241 Å². The van der Waals surface area contributed by atoms with Crippen LogP contribution in [-0.2, 0) is 21.2 Å². The number of carbonyl (C=O) groups is 1. The molecule has 9 heteroatoms. The number of nitrogens with zero attached hydrogens (tertiary/aromatic N) is 2. The third-order valence-electron chi connectivity index (χ3n) is 6.66. The number of rotatable bonds is 15. The van der Waals surface area contributed by atoms with Crippen molar-refractivity contribution >= 4 is 16.0 Å². The minimum absolute atomic E-state index is 0.0136. The molecule has 0 amide bonds. The van der Waals surface area contributed by atoms with Gasteiger partial charge < -0.3 is 9.84 Å². The highest BCUT2D eigenvalue weighted by molar-refractivity contribution is 7.89. The Hall–Kier alpha value is -4.08. The van der Waals surface area contributed by atoms with Gasteiger partial charge in [-0.1, -0.05) is 87.2 Å². The second kappa shape index (κ2) is 14.5. The number of nitrogens with one attached hydrogen (secondary N) is 1. The summed E-state index contributed by atoms with van der Waals surface area (Å²) < 4.78 is 33.4. The molecule has 214 valence electrons. The fourth-order valence-electron chi connectivity index (χ4n) is 4.33. The molecule has 1 aromatic heterocycles. The van der Waals surface area contributed by atoms with E-state index in [0.717, 1.165) is 35.5 Å². The van der Waals surface area contributed by atoms with Crippen molar-refractivity contribution in [3.8, 4) is 28.3 Å². The number of aromatic nitrogens is 2. The number of sulfonamides is 1. The molecule has 0 radical (unpaired) electrons. The average molecular weight is 574 g/mol. The Bertz CT molecular complexity index is 1490. The Kier molecular flexibility index (Phi) is 10.6. The van der Waals surface area contributed by atoms with Crippen LogP contribution in [0.3, 0.4) is 0 Å². The number of unbranched alkanes of at least 4 members (excludes halogenated alkanes) is 4. The first kappa shape index (κ1) is 29.9. The van der Waals surface area contributed by atoms with Crippen LogP contribution < -0.4 is 9.46 Å². The summed E-state index contributed by atoms with van der Waals surface area (Å²) in [5.41, 5.74) is 3.29. The van der Waals surface area contributed by atoms with Gasteiger partial charge in [-0.05, 0) is 48.2 Å². The second-order valence-electron chi connectivity index (χ2n) is 9.81. The fraction of sp³-hybridized carbons (Fsp3) is 0.281. The third-order valence-corrected chi connectivity index (χ3v) is 8.14. The molecule has 0 aliphatic carbocycles. The highest BCUT2D eigenvalue weighted by Crippen LogP contribution is 2.24. The lowest BCUT2D eigenvalue weighted by Gasteiger charge is -2.15. The SMILES string of the molecule is CCCCCCCOc1ccc(-c2cnc(-c3ccc(C[C@H](NS(=O)(=O)c4ccccc4)C(=O)O)cc3)nc2)cc1. The third kappa shape index (κ3) is 8.70. The number of carboxylic acid groups (broad SMARTS) is 1. The molecule has 1 atom stereocenters. The van der Waals surface area contributed by atoms with E-state index in [-0.39, 0.29) is 11.3 Å². The van der Waals surface area contributed by atoms with E-state index in [0.29, 0.717) is 11.4 Å². The largest absolute Gasteiger partial charge is 0.494 e. The molecular weight excluding hydrogens is 538 g/mol. The van der Waals surface area contributed by atoms with Gasteiger partial charge in [-0.25, -0.2) is 18.4 Å². The van der Waals surface area contributed by atoms with Gasteiger partial charge in [0.1, 0.15) is 11.8 Å². The minimum atomic E-state index is -3.97. The van der Waals surface area contributed by atoms with E-state index in [2.05, 4.69) is 21.6 Å². The molecule has 0 saturated carbocycles. The van der Waals surface area contributed by atoms with Crippen LogP contribution >= 0.6 is 0 Å². The smallest absolute Gasteiger partial charge is 0.322 e. The normalized spacial score (nSPS) is 12.1. The number of carboxylic acids is 1. The van der Waals surface area contributed by atoms with Gasteiger partial charge >= 0.3 is 5.97 Å². The van der Waals surface area contributed by atoms with Crippen molar-refractivity contribution in [3.05, 3.63) is 96.8 Å². The quantitative estimate of drug-likeness (QED) is 0.164. The number of ether oxygens (including phenoxy) is 1. The maximum atomic E-state index is 12.6. The van der Waals surface area contributed by atoms with Gasteiger partial charge in [-0.2, -0.15) is 4.72 Å².